The molecule has 2 aliphatic rings. The molecule has 3 aromatic rings. The number of nitrogens with one attached hydrogen (secondary N) is 1. The van der Waals surface area contributed by atoms with E-state index in [9.17, 15) is 8.42 Å². The number of nitrogens with zero attached hydrogens (tertiary/aromatic N) is 2. The van der Waals surface area contributed by atoms with E-state index in [2.05, 4.69) is 10.3 Å². The summed E-state index contributed by atoms with van der Waals surface area (Å²) in [5, 5.41) is 4.21. The summed E-state index contributed by atoms with van der Waals surface area (Å²) in [4.78, 5) is 5.19. The summed E-state index contributed by atoms with van der Waals surface area (Å²) in [6, 6.07) is 7.38. The van der Waals surface area contributed by atoms with Gasteiger partial charge in [0.1, 0.15) is 16.6 Å². The molecule has 0 unspecified atom stereocenters. The van der Waals surface area contributed by atoms with Crippen molar-refractivity contribution in [1.29, 1.82) is 0 Å². The number of furan rings is 1. The van der Waals surface area contributed by atoms with Crippen molar-refractivity contribution in [3.8, 4) is 11.3 Å². The van der Waals surface area contributed by atoms with E-state index in [1.54, 1.807) is 30.2 Å². The molecule has 0 spiro atoms. The van der Waals surface area contributed by atoms with E-state index in [0.717, 1.165) is 21.4 Å². The van der Waals surface area contributed by atoms with Gasteiger partial charge in [-0.25, -0.2) is 8.42 Å². The zero-order valence-electron chi connectivity index (χ0n) is 14.2. The van der Waals surface area contributed by atoms with Crippen LogP contribution in [0.5, 0.6) is 0 Å². The zero-order valence-corrected chi connectivity index (χ0v) is 16.6. The number of aromatic nitrogens is 1. The van der Waals surface area contributed by atoms with Crippen LogP contribution in [0.2, 0.25) is 5.02 Å². The van der Waals surface area contributed by atoms with E-state index < -0.39 is 10.0 Å². The molecule has 1 fully saturated rings. The van der Waals surface area contributed by atoms with Crippen molar-refractivity contribution in [3.05, 3.63) is 41.7 Å². The molecule has 0 amide bonds. The lowest BCUT2D eigenvalue weighted by Crippen LogP contribution is -2.56. The molecule has 2 aliphatic heterocycles. The standard InChI is InChI=1S/C18H16ClN3O3S2/c19-12-1-2-16-11(5-12)6-17(25-16)14-9-21-10-15-18(14)26-4-3-22(15)27(23,24)13-7-20-8-13/h1-2,5-6,9-10,13,20H,3-4,7-8H2. The van der Waals surface area contributed by atoms with Crippen LogP contribution in [0, 0.1) is 0 Å². The van der Waals surface area contributed by atoms with E-state index in [1.807, 2.05) is 18.2 Å². The minimum Gasteiger partial charge on any atom is -0.456 e. The molecule has 1 aromatic carbocycles. The molecule has 0 bridgehead atoms. The quantitative estimate of drug-likeness (QED) is 0.698. The maximum Gasteiger partial charge on any atom is 0.240 e. The topological polar surface area (TPSA) is 75.4 Å². The fraction of sp³-hybridized carbons (Fsp3) is 0.278. The molecule has 0 aliphatic carbocycles. The van der Waals surface area contributed by atoms with Crippen LogP contribution in [0.3, 0.4) is 0 Å². The van der Waals surface area contributed by atoms with Crippen LogP contribution in [0.25, 0.3) is 22.3 Å². The third-order valence-corrected chi connectivity index (χ3v) is 8.41. The highest BCUT2D eigenvalue weighted by Gasteiger charge is 2.39. The Morgan fingerprint density at radius 1 is 1.26 bits per heavy atom. The minimum absolute atomic E-state index is 0.370. The van der Waals surface area contributed by atoms with Crippen molar-refractivity contribution in [1.82, 2.24) is 10.3 Å². The summed E-state index contributed by atoms with van der Waals surface area (Å²) in [6.07, 6.45) is 3.36. The SMILES string of the molecule is O=S(=O)(C1CNC1)N1CCSc2c(-c3cc4cc(Cl)ccc4o3)cncc21. The van der Waals surface area contributed by atoms with Crippen LogP contribution >= 0.6 is 23.4 Å². The average molecular weight is 422 g/mol. The summed E-state index contributed by atoms with van der Waals surface area (Å²) in [6.45, 7) is 1.45. The van der Waals surface area contributed by atoms with Gasteiger partial charge in [-0.3, -0.25) is 9.29 Å². The Morgan fingerprint density at radius 3 is 2.89 bits per heavy atom. The monoisotopic (exact) mass is 421 g/mol. The summed E-state index contributed by atoms with van der Waals surface area (Å²) in [5.41, 5.74) is 2.17. The fourth-order valence-corrected chi connectivity index (χ4v) is 6.58. The Morgan fingerprint density at radius 2 is 2.11 bits per heavy atom. The number of benzene rings is 1. The van der Waals surface area contributed by atoms with Gasteiger partial charge in [0.05, 0.1) is 17.4 Å². The van der Waals surface area contributed by atoms with Gasteiger partial charge in [0.2, 0.25) is 10.0 Å². The van der Waals surface area contributed by atoms with Gasteiger partial charge in [-0.2, -0.15) is 0 Å². The molecule has 9 heteroatoms. The zero-order chi connectivity index (χ0) is 18.6. The lowest BCUT2D eigenvalue weighted by atomic mass is 10.2. The second-order valence-electron chi connectivity index (χ2n) is 6.57. The maximum absolute atomic E-state index is 13.0. The third-order valence-electron chi connectivity index (χ3n) is 4.90. The first-order chi connectivity index (χ1) is 13.0. The third kappa shape index (κ3) is 2.82. The van der Waals surface area contributed by atoms with Gasteiger partial charge in [0.15, 0.2) is 0 Å². The molecule has 0 atom stereocenters. The average Bonchev–Trinajstić information content (AvgIpc) is 3.01. The number of sulfonamides is 1. The van der Waals surface area contributed by atoms with Crippen LogP contribution in [0.4, 0.5) is 5.69 Å². The molecular weight excluding hydrogens is 406 g/mol. The van der Waals surface area contributed by atoms with Crippen molar-refractivity contribution in [2.75, 3.05) is 29.7 Å². The number of anilines is 1. The first kappa shape index (κ1) is 17.4. The highest BCUT2D eigenvalue weighted by Crippen LogP contribution is 2.44. The first-order valence-electron chi connectivity index (χ1n) is 8.56. The summed E-state index contributed by atoms with van der Waals surface area (Å²) < 4.78 is 33.4. The smallest absolute Gasteiger partial charge is 0.240 e. The molecule has 140 valence electrons. The first-order valence-corrected chi connectivity index (χ1v) is 11.4. The van der Waals surface area contributed by atoms with Crippen LogP contribution in [-0.2, 0) is 10.0 Å². The molecule has 6 nitrogen and oxygen atoms in total. The van der Waals surface area contributed by atoms with Gasteiger partial charge < -0.3 is 9.73 Å². The predicted molar refractivity (Wildman–Crippen MR) is 108 cm³/mol. The number of pyridine rings is 1. The molecule has 5 rings (SSSR count). The van der Waals surface area contributed by atoms with E-state index in [4.69, 9.17) is 16.0 Å². The van der Waals surface area contributed by atoms with E-state index in [1.165, 1.54) is 4.31 Å². The van der Waals surface area contributed by atoms with E-state index >= 15 is 0 Å². The molecule has 1 saturated heterocycles. The van der Waals surface area contributed by atoms with Crippen LogP contribution in [0.15, 0.2) is 46.0 Å². The molecule has 1 N–H and O–H groups in total. The predicted octanol–water partition coefficient (Wildman–Crippen LogP) is 3.36. The second kappa shape index (κ2) is 6.41. The van der Waals surface area contributed by atoms with Gasteiger partial charge in [-0.1, -0.05) is 11.6 Å². The van der Waals surface area contributed by atoms with E-state index in [-0.39, 0.29) is 5.25 Å². The molecular formula is C18H16ClN3O3S2. The molecule has 2 aromatic heterocycles. The lowest BCUT2D eigenvalue weighted by Gasteiger charge is -2.36. The largest absolute Gasteiger partial charge is 0.456 e. The van der Waals surface area contributed by atoms with Gasteiger partial charge in [0, 0.05) is 46.9 Å². The van der Waals surface area contributed by atoms with Gasteiger partial charge >= 0.3 is 0 Å². The fourth-order valence-electron chi connectivity index (χ4n) is 3.36. The minimum atomic E-state index is -3.40. The van der Waals surface area contributed by atoms with Crippen LogP contribution < -0.4 is 9.62 Å². The summed E-state index contributed by atoms with van der Waals surface area (Å²) >= 11 is 7.70. The van der Waals surface area contributed by atoms with Crippen molar-refractivity contribution in [2.45, 2.75) is 10.1 Å². The maximum atomic E-state index is 13.0. The molecule has 4 heterocycles. The van der Waals surface area contributed by atoms with Crippen molar-refractivity contribution >= 4 is 50.0 Å². The number of thioether (sulfide) groups is 1. The van der Waals surface area contributed by atoms with E-state index in [0.29, 0.717) is 41.9 Å². The van der Waals surface area contributed by atoms with Crippen molar-refractivity contribution in [3.63, 3.8) is 0 Å². The van der Waals surface area contributed by atoms with Gasteiger partial charge in [-0.05, 0) is 24.3 Å². The molecule has 27 heavy (non-hydrogen) atoms. The van der Waals surface area contributed by atoms with Crippen molar-refractivity contribution < 1.29 is 12.8 Å². The molecule has 0 saturated carbocycles. The lowest BCUT2D eigenvalue weighted by molar-refractivity contribution is 0.493. The highest BCUT2D eigenvalue weighted by atomic mass is 35.5. The Bertz CT molecular complexity index is 1140. The Labute approximate surface area is 165 Å². The van der Waals surface area contributed by atoms with Crippen LogP contribution in [-0.4, -0.2) is 44.0 Å². The summed E-state index contributed by atoms with van der Waals surface area (Å²) in [7, 11) is -3.40. The Hall–Kier alpha value is -1.74. The van der Waals surface area contributed by atoms with Gasteiger partial charge in [-0.15, -0.1) is 11.8 Å². The number of rotatable bonds is 3. The number of fused-ring (bicyclic) bond motifs is 2. The Balaban J connectivity index is 1.62. The summed E-state index contributed by atoms with van der Waals surface area (Å²) in [5.74, 6) is 1.35. The van der Waals surface area contributed by atoms with Crippen LogP contribution in [0.1, 0.15) is 0 Å². The molecule has 0 radical (unpaired) electrons. The number of halogens is 1. The highest BCUT2D eigenvalue weighted by molar-refractivity contribution is 8.00. The van der Waals surface area contributed by atoms with Gasteiger partial charge in [0.25, 0.3) is 0 Å². The Kier molecular flexibility index (Phi) is 4.12. The normalized spacial score (nSPS) is 17.7. The van der Waals surface area contributed by atoms with Crippen molar-refractivity contribution in [2.24, 2.45) is 0 Å². The second-order valence-corrected chi connectivity index (χ2v) is 10.3. The number of hydrogen-bond acceptors (Lipinski definition) is 6. The number of hydrogen-bond donors (Lipinski definition) is 1.